The second-order valence-corrected chi connectivity index (χ2v) is 6.84. The zero-order valence-electron chi connectivity index (χ0n) is 12.9. The van der Waals surface area contributed by atoms with E-state index in [1.165, 1.54) is 0 Å². The van der Waals surface area contributed by atoms with Gasteiger partial charge in [-0.05, 0) is 43.7 Å². The van der Waals surface area contributed by atoms with Crippen molar-refractivity contribution in [2.75, 3.05) is 0 Å². The molecule has 2 aromatic carbocycles. The Labute approximate surface area is 160 Å². The standard InChI is InChI=1S/C17H15Cl4NO2/c1-9(12-7-6-11(18)8-14(12)20)22-17(23)10(2)24-15-5-3-4-13(19)16(15)21/h3-10H,1-2H3,(H,22,23)/t9-,10+/m0/s1. The minimum absolute atomic E-state index is 0.271. The predicted octanol–water partition coefficient (Wildman–Crippen LogP) is 5.94. The number of amides is 1. The lowest BCUT2D eigenvalue weighted by Gasteiger charge is -2.20. The number of ether oxygens (including phenoxy) is 1. The molecule has 0 unspecified atom stereocenters. The Hall–Kier alpha value is -1.13. The van der Waals surface area contributed by atoms with Gasteiger partial charge in [-0.1, -0.05) is 58.5 Å². The van der Waals surface area contributed by atoms with Gasteiger partial charge in [-0.3, -0.25) is 4.79 Å². The number of benzene rings is 2. The van der Waals surface area contributed by atoms with Gasteiger partial charge in [0.15, 0.2) is 6.10 Å². The summed E-state index contributed by atoms with van der Waals surface area (Å²) in [6.45, 7) is 3.45. The second kappa shape index (κ2) is 8.30. The van der Waals surface area contributed by atoms with Crippen LogP contribution in [0, 0.1) is 0 Å². The van der Waals surface area contributed by atoms with Crippen molar-refractivity contribution in [2.24, 2.45) is 0 Å². The van der Waals surface area contributed by atoms with Crippen molar-refractivity contribution in [1.82, 2.24) is 5.32 Å². The van der Waals surface area contributed by atoms with Crippen molar-refractivity contribution in [1.29, 1.82) is 0 Å². The van der Waals surface area contributed by atoms with Crippen LogP contribution in [-0.4, -0.2) is 12.0 Å². The first-order valence-corrected chi connectivity index (χ1v) is 8.66. The second-order valence-electron chi connectivity index (χ2n) is 5.21. The first-order valence-electron chi connectivity index (χ1n) is 7.15. The van der Waals surface area contributed by atoms with Gasteiger partial charge in [-0.2, -0.15) is 0 Å². The molecule has 0 heterocycles. The molecule has 24 heavy (non-hydrogen) atoms. The number of carbonyl (C=O) groups is 1. The Bertz CT molecular complexity index is 751. The number of rotatable bonds is 5. The molecule has 0 spiro atoms. The molecule has 1 N–H and O–H groups in total. The highest BCUT2D eigenvalue weighted by Gasteiger charge is 2.20. The predicted molar refractivity (Wildman–Crippen MR) is 99.6 cm³/mol. The summed E-state index contributed by atoms with van der Waals surface area (Å²) in [5.74, 6) is 0.0496. The largest absolute Gasteiger partial charge is 0.479 e. The van der Waals surface area contributed by atoms with Gasteiger partial charge in [0.05, 0.1) is 11.1 Å². The van der Waals surface area contributed by atoms with Crippen molar-refractivity contribution in [3.05, 3.63) is 62.1 Å². The molecule has 0 aliphatic heterocycles. The Balaban J connectivity index is 2.04. The average molecular weight is 407 g/mol. The third-order valence-corrected chi connectivity index (χ3v) is 4.74. The lowest BCUT2D eigenvalue weighted by atomic mass is 10.1. The van der Waals surface area contributed by atoms with Crippen molar-refractivity contribution in [3.8, 4) is 5.75 Å². The van der Waals surface area contributed by atoms with Crippen molar-refractivity contribution in [2.45, 2.75) is 26.0 Å². The van der Waals surface area contributed by atoms with E-state index in [-0.39, 0.29) is 17.0 Å². The van der Waals surface area contributed by atoms with Gasteiger partial charge in [-0.15, -0.1) is 0 Å². The number of halogens is 4. The zero-order valence-corrected chi connectivity index (χ0v) is 16.0. The molecule has 1 amide bonds. The van der Waals surface area contributed by atoms with E-state index in [9.17, 15) is 4.79 Å². The minimum atomic E-state index is -0.755. The van der Waals surface area contributed by atoms with Gasteiger partial charge in [-0.25, -0.2) is 0 Å². The van der Waals surface area contributed by atoms with E-state index in [1.807, 2.05) is 6.92 Å². The Kier molecular flexibility index (Phi) is 6.64. The lowest BCUT2D eigenvalue weighted by Crippen LogP contribution is -2.37. The Morgan fingerprint density at radius 3 is 2.42 bits per heavy atom. The van der Waals surface area contributed by atoms with Crippen LogP contribution in [0.4, 0.5) is 0 Å². The summed E-state index contributed by atoms with van der Waals surface area (Å²) in [4.78, 5) is 12.3. The van der Waals surface area contributed by atoms with Gasteiger partial charge < -0.3 is 10.1 Å². The normalized spacial score (nSPS) is 13.2. The summed E-state index contributed by atoms with van der Waals surface area (Å²) in [6.07, 6.45) is -0.755. The van der Waals surface area contributed by atoms with Gasteiger partial charge in [0.1, 0.15) is 10.8 Å². The molecule has 2 atom stereocenters. The number of hydrogen-bond donors (Lipinski definition) is 1. The third-order valence-electron chi connectivity index (χ3n) is 3.38. The fourth-order valence-corrected chi connectivity index (χ4v) is 2.99. The van der Waals surface area contributed by atoms with Crippen molar-refractivity contribution in [3.63, 3.8) is 0 Å². The first kappa shape index (κ1) is 19.2. The highest BCUT2D eigenvalue weighted by molar-refractivity contribution is 6.42. The topological polar surface area (TPSA) is 38.3 Å². The van der Waals surface area contributed by atoms with Crippen LogP contribution < -0.4 is 10.1 Å². The van der Waals surface area contributed by atoms with Crippen molar-refractivity contribution >= 4 is 52.3 Å². The van der Waals surface area contributed by atoms with E-state index in [0.29, 0.717) is 20.8 Å². The smallest absolute Gasteiger partial charge is 0.261 e. The molecule has 2 rings (SSSR count). The van der Waals surface area contributed by atoms with Crippen LogP contribution in [0.1, 0.15) is 25.5 Å². The minimum Gasteiger partial charge on any atom is -0.479 e. The van der Waals surface area contributed by atoms with E-state index in [0.717, 1.165) is 5.56 Å². The van der Waals surface area contributed by atoms with Gasteiger partial charge in [0, 0.05) is 10.0 Å². The molecular weight excluding hydrogens is 392 g/mol. The van der Waals surface area contributed by atoms with Crippen LogP contribution in [0.3, 0.4) is 0 Å². The fraction of sp³-hybridized carbons (Fsp3) is 0.235. The summed E-state index contributed by atoms with van der Waals surface area (Å²) in [5.41, 5.74) is 0.766. The Morgan fingerprint density at radius 2 is 1.75 bits per heavy atom. The summed E-state index contributed by atoms with van der Waals surface area (Å²) in [6, 6.07) is 9.82. The third kappa shape index (κ3) is 4.70. The lowest BCUT2D eigenvalue weighted by molar-refractivity contribution is -0.127. The highest BCUT2D eigenvalue weighted by Crippen LogP contribution is 2.32. The van der Waals surface area contributed by atoms with Crippen LogP contribution in [0.25, 0.3) is 0 Å². The molecule has 0 aliphatic rings. The van der Waals surface area contributed by atoms with Crippen LogP contribution in [0.5, 0.6) is 5.75 Å². The summed E-state index contributed by atoms with van der Waals surface area (Å²) < 4.78 is 5.59. The van der Waals surface area contributed by atoms with Crippen LogP contribution in [0.2, 0.25) is 20.1 Å². The number of hydrogen-bond acceptors (Lipinski definition) is 2. The van der Waals surface area contributed by atoms with E-state index in [4.69, 9.17) is 51.1 Å². The van der Waals surface area contributed by atoms with E-state index in [1.54, 1.807) is 43.3 Å². The fourth-order valence-electron chi connectivity index (χ4n) is 2.08. The maximum Gasteiger partial charge on any atom is 0.261 e. The number of nitrogens with one attached hydrogen (secondary N) is 1. The molecule has 0 radical (unpaired) electrons. The molecule has 2 aromatic rings. The maximum atomic E-state index is 12.3. The molecule has 0 saturated heterocycles. The number of carbonyl (C=O) groups excluding carboxylic acids is 1. The maximum absolute atomic E-state index is 12.3. The quantitative estimate of drug-likeness (QED) is 0.666. The van der Waals surface area contributed by atoms with Crippen molar-refractivity contribution < 1.29 is 9.53 Å². The summed E-state index contributed by atoms with van der Waals surface area (Å²) in [5, 5.41) is 4.50. The molecule has 0 fully saturated rings. The highest BCUT2D eigenvalue weighted by atomic mass is 35.5. The zero-order chi connectivity index (χ0) is 17.9. The van der Waals surface area contributed by atoms with Gasteiger partial charge >= 0.3 is 0 Å². The van der Waals surface area contributed by atoms with Crippen LogP contribution in [0.15, 0.2) is 36.4 Å². The molecule has 0 bridgehead atoms. The molecule has 128 valence electrons. The summed E-state index contributed by atoms with van der Waals surface area (Å²) in [7, 11) is 0. The van der Waals surface area contributed by atoms with Crippen LogP contribution >= 0.6 is 46.4 Å². The van der Waals surface area contributed by atoms with Gasteiger partial charge in [0.25, 0.3) is 5.91 Å². The van der Waals surface area contributed by atoms with Gasteiger partial charge in [0.2, 0.25) is 0 Å². The molecule has 0 aliphatic carbocycles. The molecule has 3 nitrogen and oxygen atoms in total. The van der Waals surface area contributed by atoms with E-state index in [2.05, 4.69) is 5.32 Å². The Morgan fingerprint density at radius 1 is 1.04 bits per heavy atom. The van der Waals surface area contributed by atoms with E-state index >= 15 is 0 Å². The SMILES string of the molecule is C[C@H](NC(=O)[C@@H](C)Oc1cccc(Cl)c1Cl)c1ccc(Cl)cc1Cl. The van der Waals surface area contributed by atoms with E-state index < -0.39 is 6.10 Å². The molecule has 7 heteroatoms. The first-order chi connectivity index (χ1) is 11.3. The molecular formula is C17H15Cl4NO2. The monoisotopic (exact) mass is 405 g/mol. The summed E-state index contributed by atoms with van der Waals surface area (Å²) >= 11 is 24.0. The van der Waals surface area contributed by atoms with Crippen LogP contribution in [-0.2, 0) is 4.79 Å². The molecule has 0 saturated carbocycles. The molecule has 0 aromatic heterocycles. The average Bonchev–Trinajstić information content (AvgIpc) is 2.51.